The standard InChI is InChI=1S/C18H18ClN3O3/c1-2-25-18(24)14-11-21-22-16(8-5-9-23)13(10-20-17(14)22)12-6-3-4-7-15(12)19/h3-4,6-7,9-11,16,20H,2,5,8H2,1H3. The first-order chi connectivity index (χ1) is 12.2. The molecule has 7 heteroatoms. The van der Waals surface area contributed by atoms with Gasteiger partial charge in [-0.05, 0) is 25.0 Å². The molecule has 1 aliphatic rings. The molecule has 1 N–H and O–H groups in total. The van der Waals surface area contributed by atoms with Gasteiger partial charge in [0.15, 0.2) is 0 Å². The summed E-state index contributed by atoms with van der Waals surface area (Å²) in [4.78, 5) is 23.0. The van der Waals surface area contributed by atoms with Crippen molar-refractivity contribution < 1.29 is 14.3 Å². The number of aromatic nitrogens is 2. The van der Waals surface area contributed by atoms with Gasteiger partial charge in [0.1, 0.15) is 17.7 Å². The summed E-state index contributed by atoms with van der Waals surface area (Å²) in [6.45, 7) is 2.04. The fraction of sp³-hybridized carbons (Fsp3) is 0.278. The van der Waals surface area contributed by atoms with E-state index in [1.165, 1.54) is 6.20 Å². The number of carbonyl (C=O) groups excluding carboxylic acids is 2. The number of aldehydes is 1. The topological polar surface area (TPSA) is 73.2 Å². The predicted molar refractivity (Wildman–Crippen MR) is 95.6 cm³/mol. The van der Waals surface area contributed by atoms with Crippen LogP contribution >= 0.6 is 11.6 Å². The van der Waals surface area contributed by atoms with Crippen molar-refractivity contribution in [2.75, 3.05) is 11.9 Å². The van der Waals surface area contributed by atoms with Crippen molar-refractivity contribution in [2.24, 2.45) is 0 Å². The quantitative estimate of drug-likeness (QED) is 0.628. The summed E-state index contributed by atoms with van der Waals surface area (Å²) in [6.07, 6.45) is 5.11. The molecule has 3 rings (SSSR count). The Bertz CT molecular complexity index is 829. The number of ether oxygens (including phenoxy) is 1. The van der Waals surface area contributed by atoms with Crippen molar-refractivity contribution in [2.45, 2.75) is 25.8 Å². The van der Waals surface area contributed by atoms with Crippen molar-refractivity contribution in [3.63, 3.8) is 0 Å². The zero-order valence-electron chi connectivity index (χ0n) is 13.7. The van der Waals surface area contributed by atoms with Gasteiger partial charge in [-0.2, -0.15) is 5.10 Å². The Morgan fingerprint density at radius 3 is 2.96 bits per heavy atom. The molecule has 1 atom stereocenters. The van der Waals surface area contributed by atoms with Crippen molar-refractivity contribution in [1.29, 1.82) is 0 Å². The van der Waals surface area contributed by atoms with Gasteiger partial charge >= 0.3 is 5.97 Å². The van der Waals surface area contributed by atoms with Crippen LogP contribution in [0.3, 0.4) is 0 Å². The predicted octanol–water partition coefficient (Wildman–Crippen LogP) is 3.70. The number of rotatable bonds is 6. The molecule has 0 spiro atoms. The van der Waals surface area contributed by atoms with Crippen LogP contribution in [-0.4, -0.2) is 28.6 Å². The van der Waals surface area contributed by atoms with E-state index >= 15 is 0 Å². The number of fused-ring (bicyclic) bond motifs is 1. The Morgan fingerprint density at radius 1 is 1.44 bits per heavy atom. The van der Waals surface area contributed by atoms with Gasteiger partial charge in [0.2, 0.25) is 0 Å². The van der Waals surface area contributed by atoms with Gasteiger partial charge in [0.25, 0.3) is 0 Å². The lowest BCUT2D eigenvalue weighted by Crippen LogP contribution is -2.21. The molecule has 0 aliphatic carbocycles. The van der Waals surface area contributed by atoms with Crippen molar-refractivity contribution in [3.8, 4) is 0 Å². The van der Waals surface area contributed by atoms with Gasteiger partial charge in [-0.3, -0.25) is 0 Å². The largest absolute Gasteiger partial charge is 0.462 e. The van der Waals surface area contributed by atoms with Gasteiger partial charge in [-0.15, -0.1) is 0 Å². The second-order valence-electron chi connectivity index (χ2n) is 5.56. The van der Waals surface area contributed by atoms with E-state index in [1.807, 2.05) is 30.5 Å². The normalized spacial score (nSPS) is 15.8. The SMILES string of the molecule is CCOC(=O)c1cnn2c1NC=C(c1ccccc1Cl)C2CCC=O. The molecule has 0 saturated heterocycles. The third-order valence-electron chi connectivity index (χ3n) is 4.05. The Morgan fingerprint density at radius 2 is 2.24 bits per heavy atom. The first kappa shape index (κ1) is 17.2. The van der Waals surface area contributed by atoms with E-state index in [0.29, 0.717) is 35.9 Å². The van der Waals surface area contributed by atoms with Crippen molar-refractivity contribution in [3.05, 3.63) is 52.8 Å². The highest BCUT2D eigenvalue weighted by molar-refractivity contribution is 6.32. The molecule has 1 aromatic carbocycles. The highest BCUT2D eigenvalue weighted by atomic mass is 35.5. The molecule has 0 radical (unpaired) electrons. The number of nitrogens with zero attached hydrogens (tertiary/aromatic N) is 2. The summed E-state index contributed by atoms with van der Waals surface area (Å²) in [6, 6.07) is 7.30. The van der Waals surface area contributed by atoms with Crippen LogP contribution in [0.4, 0.5) is 5.82 Å². The summed E-state index contributed by atoms with van der Waals surface area (Å²) >= 11 is 6.34. The average molecular weight is 360 g/mol. The number of allylic oxidation sites excluding steroid dienone is 1. The van der Waals surface area contributed by atoms with Crippen molar-refractivity contribution >= 4 is 35.2 Å². The van der Waals surface area contributed by atoms with Crippen LogP contribution in [0.2, 0.25) is 5.02 Å². The molecule has 0 saturated carbocycles. The van der Waals surface area contributed by atoms with Gasteiger partial charge in [-0.1, -0.05) is 29.8 Å². The van der Waals surface area contributed by atoms with Crippen LogP contribution in [0.25, 0.3) is 5.57 Å². The van der Waals surface area contributed by atoms with Gasteiger partial charge in [0.05, 0.1) is 18.8 Å². The summed E-state index contributed by atoms with van der Waals surface area (Å²) in [5, 5.41) is 8.10. The lowest BCUT2D eigenvalue weighted by atomic mass is 9.95. The van der Waals surface area contributed by atoms with E-state index in [1.54, 1.807) is 11.6 Å². The van der Waals surface area contributed by atoms with Gasteiger partial charge in [0, 0.05) is 23.2 Å². The third kappa shape index (κ3) is 3.30. The second-order valence-corrected chi connectivity index (χ2v) is 5.96. The molecule has 1 aliphatic heterocycles. The number of hydrogen-bond donors (Lipinski definition) is 1. The highest BCUT2D eigenvalue weighted by Crippen LogP contribution is 2.39. The lowest BCUT2D eigenvalue weighted by Gasteiger charge is -2.27. The summed E-state index contributed by atoms with van der Waals surface area (Å²) < 4.78 is 6.79. The fourth-order valence-corrected chi connectivity index (χ4v) is 3.18. The third-order valence-corrected chi connectivity index (χ3v) is 4.38. The lowest BCUT2D eigenvalue weighted by molar-refractivity contribution is -0.108. The van der Waals surface area contributed by atoms with E-state index in [-0.39, 0.29) is 6.04 Å². The molecular weight excluding hydrogens is 342 g/mol. The Labute approximate surface area is 150 Å². The molecule has 2 heterocycles. The Hall–Kier alpha value is -2.60. The van der Waals surface area contributed by atoms with Crippen LogP contribution < -0.4 is 5.32 Å². The van der Waals surface area contributed by atoms with E-state index in [2.05, 4.69) is 10.4 Å². The molecule has 1 unspecified atom stereocenters. The number of esters is 1. The maximum atomic E-state index is 12.1. The molecule has 6 nitrogen and oxygen atoms in total. The van der Waals surface area contributed by atoms with E-state index in [9.17, 15) is 9.59 Å². The van der Waals surface area contributed by atoms with Crippen LogP contribution in [0.15, 0.2) is 36.7 Å². The minimum Gasteiger partial charge on any atom is -0.462 e. The van der Waals surface area contributed by atoms with Crippen LogP contribution in [0, 0.1) is 0 Å². The van der Waals surface area contributed by atoms with Gasteiger partial charge < -0.3 is 14.8 Å². The minimum atomic E-state index is -0.431. The molecule has 0 bridgehead atoms. The first-order valence-electron chi connectivity index (χ1n) is 8.07. The summed E-state index contributed by atoms with van der Waals surface area (Å²) in [7, 11) is 0. The van der Waals surface area contributed by atoms with E-state index in [0.717, 1.165) is 17.4 Å². The van der Waals surface area contributed by atoms with Crippen LogP contribution in [0.1, 0.15) is 41.7 Å². The maximum absolute atomic E-state index is 12.1. The molecular formula is C18H18ClN3O3. The zero-order chi connectivity index (χ0) is 17.8. The second kappa shape index (κ2) is 7.53. The van der Waals surface area contributed by atoms with Gasteiger partial charge in [-0.25, -0.2) is 9.48 Å². The van der Waals surface area contributed by atoms with Crippen LogP contribution in [0.5, 0.6) is 0 Å². The van der Waals surface area contributed by atoms with E-state index < -0.39 is 5.97 Å². The fourth-order valence-electron chi connectivity index (χ4n) is 2.93. The molecule has 0 amide bonds. The number of anilines is 1. The number of hydrogen-bond acceptors (Lipinski definition) is 5. The number of benzene rings is 1. The Kier molecular flexibility index (Phi) is 5.19. The zero-order valence-corrected chi connectivity index (χ0v) is 14.5. The number of nitrogens with one attached hydrogen (secondary N) is 1. The van der Waals surface area contributed by atoms with E-state index in [4.69, 9.17) is 16.3 Å². The summed E-state index contributed by atoms with van der Waals surface area (Å²) in [5.41, 5.74) is 2.15. The monoisotopic (exact) mass is 359 g/mol. The van der Waals surface area contributed by atoms with Crippen molar-refractivity contribution in [1.82, 2.24) is 9.78 Å². The average Bonchev–Trinajstić information content (AvgIpc) is 3.05. The molecule has 25 heavy (non-hydrogen) atoms. The Balaban J connectivity index is 2.02. The molecule has 1 aromatic heterocycles. The smallest absolute Gasteiger partial charge is 0.343 e. The number of halogens is 1. The first-order valence-corrected chi connectivity index (χ1v) is 8.45. The molecule has 2 aromatic rings. The highest BCUT2D eigenvalue weighted by Gasteiger charge is 2.29. The van der Waals surface area contributed by atoms with Crippen LogP contribution in [-0.2, 0) is 9.53 Å². The minimum absolute atomic E-state index is 0.204. The number of carbonyl (C=O) groups is 2. The molecule has 130 valence electrons. The summed E-state index contributed by atoms with van der Waals surface area (Å²) in [5.74, 6) is 0.130. The maximum Gasteiger partial charge on any atom is 0.343 e. The molecule has 0 fully saturated rings.